The molecule has 0 fully saturated rings. The van der Waals surface area contributed by atoms with Gasteiger partial charge in [-0.2, -0.15) is 12.6 Å². The van der Waals surface area contributed by atoms with Crippen molar-refractivity contribution in [3.05, 3.63) is 0 Å². The summed E-state index contributed by atoms with van der Waals surface area (Å²) < 4.78 is 0. The molecule has 0 radical (unpaired) electrons. The third kappa shape index (κ3) is 4.27. The molecule has 0 saturated carbocycles. The number of hydrogen-bond donors (Lipinski definition) is 3. The second-order valence-corrected chi connectivity index (χ2v) is 2.86. The first kappa shape index (κ1) is 10.8. The fraction of sp³-hybridized carbons (Fsp3) is 0.857. The van der Waals surface area contributed by atoms with Crippen LogP contribution in [-0.4, -0.2) is 16.9 Å². The molecule has 0 rings (SSSR count). The maximum Gasteiger partial charge on any atom is 0.247 e. The molecular formula is C7H15NO2S. The van der Waals surface area contributed by atoms with Crippen molar-refractivity contribution in [1.29, 1.82) is 0 Å². The summed E-state index contributed by atoms with van der Waals surface area (Å²) in [4.78, 5) is 10.8. The van der Waals surface area contributed by atoms with Gasteiger partial charge in [0.1, 0.15) is 0 Å². The molecule has 0 aromatic heterocycles. The van der Waals surface area contributed by atoms with Gasteiger partial charge in [-0.1, -0.05) is 19.8 Å². The molecule has 0 aromatic rings. The molecule has 4 heteroatoms. The van der Waals surface area contributed by atoms with Crippen molar-refractivity contribution in [3.8, 4) is 0 Å². The van der Waals surface area contributed by atoms with Crippen molar-refractivity contribution in [3.63, 3.8) is 0 Å². The molecule has 0 aliphatic rings. The van der Waals surface area contributed by atoms with Crippen LogP contribution in [0.1, 0.15) is 26.2 Å². The standard InChI is InChI=1S/C7H15NO2S/c1-2-3-4-6(5-11)7(9)8-10/h6,10-11H,2-5H2,1H3,(H,8,9). The van der Waals surface area contributed by atoms with Crippen LogP contribution in [0.3, 0.4) is 0 Å². The smallest absolute Gasteiger partial charge is 0.247 e. The summed E-state index contributed by atoms with van der Waals surface area (Å²) in [5.74, 6) is 0.0172. The van der Waals surface area contributed by atoms with Gasteiger partial charge in [-0.25, -0.2) is 5.48 Å². The van der Waals surface area contributed by atoms with Crippen LogP contribution in [0.5, 0.6) is 0 Å². The fourth-order valence-electron chi connectivity index (χ4n) is 0.847. The first-order valence-electron chi connectivity index (χ1n) is 3.81. The van der Waals surface area contributed by atoms with Crippen LogP contribution in [0.15, 0.2) is 0 Å². The lowest BCUT2D eigenvalue weighted by atomic mass is 10.0. The van der Waals surface area contributed by atoms with E-state index in [-0.39, 0.29) is 11.8 Å². The summed E-state index contributed by atoms with van der Waals surface area (Å²) in [6, 6.07) is 0. The summed E-state index contributed by atoms with van der Waals surface area (Å²) in [6.07, 6.45) is 2.86. The molecular weight excluding hydrogens is 162 g/mol. The summed E-state index contributed by atoms with van der Waals surface area (Å²) in [5, 5.41) is 8.30. The third-order valence-electron chi connectivity index (χ3n) is 1.61. The number of amides is 1. The lowest BCUT2D eigenvalue weighted by Crippen LogP contribution is -2.28. The van der Waals surface area contributed by atoms with Gasteiger partial charge in [-0.3, -0.25) is 10.0 Å². The van der Waals surface area contributed by atoms with E-state index in [1.807, 2.05) is 0 Å². The zero-order chi connectivity index (χ0) is 8.69. The van der Waals surface area contributed by atoms with E-state index in [2.05, 4.69) is 19.6 Å². The zero-order valence-corrected chi connectivity index (χ0v) is 7.60. The number of hydroxylamine groups is 1. The molecule has 1 atom stereocenters. The van der Waals surface area contributed by atoms with E-state index in [1.54, 1.807) is 5.48 Å². The van der Waals surface area contributed by atoms with Gasteiger partial charge in [0.2, 0.25) is 5.91 Å². The van der Waals surface area contributed by atoms with E-state index >= 15 is 0 Å². The topological polar surface area (TPSA) is 49.3 Å². The summed E-state index contributed by atoms with van der Waals surface area (Å²) in [6.45, 7) is 2.06. The van der Waals surface area contributed by atoms with E-state index in [0.717, 1.165) is 19.3 Å². The van der Waals surface area contributed by atoms with Crippen LogP contribution >= 0.6 is 12.6 Å². The van der Waals surface area contributed by atoms with E-state index in [9.17, 15) is 4.79 Å². The molecule has 0 spiro atoms. The van der Waals surface area contributed by atoms with E-state index in [4.69, 9.17) is 5.21 Å². The van der Waals surface area contributed by atoms with Gasteiger partial charge in [-0.05, 0) is 6.42 Å². The molecule has 0 aliphatic carbocycles. The Bertz CT molecular complexity index is 119. The number of unbranched alkanes of at least 4 members (excludes halogenated alkanes) is 1. The van der Waals surface area contributed by atoms with Crippen LogP contribution < -0.4 is 5.48 Å². The Morgan fingerprint density at radius 1 is 1.73 bits per heavy atom. The SMILES string of the molecule is CCCCC(CS)C(=O)NO. The first-order valence-corrected chi connectivity index (χ1v) is 4.44. The van der Waals surface area contributed by atoms with Crippen molar-refractivity contribution in [2.45, 2.75) is 26.2 Å². The molecule has 0 aliphatic heterocycles. The minimum absolute atomic E-state index is 0.150. The maximum atomic E-state index is 10.8. The van der Waals surface area contributed by atoms with Gasteiger partial charge in [-0.15, -0.1) is 0 Å². The fourth-order valence-corrected chi connectivity index (χ4v) is 1.20. The van der Waals surface area contributed by atoms with Crippen molar-refractivity contribution in [2.75, 3.05) is 5.75 Å². The minimum atomic E-state index is -0.326. The van der Waals surface area contributed by atoms with Crippen LogP contribution in [0.4, 0.5) is 0 Å². The normalized spacial score (nSPS) is 12.6. The lowest BCUT2D eigenvalue weighted by Gasteiger charge is -2.10. The van der Waals surface area contributed by atoms with Gasteiger partial charge >= 0.3 is 0 Å². The predicted molar refractivity (Wildman–Crippen MR) is 46.8 cm³/mol. The van der Waals surface area contributed by atoms with Gasteiger partial charge in [0.05, 0.1) is 0 Å². The van der Waals surface area contributed by atoms with Crippen molar-refractivity contribution < 1.29 is 10.0 Å². The Kier molecular flexibility index (Phi) is 6.36. The van der Waals surface area contributed by atoms with Gasteiger partial charge < -0.3 is 0 Å². The highest BCUT2D eigenvalue weighted by atomic mass is 32.1. The average Bonchev–Trinajstić information content (AvgIpc) is 2.05. The Balaban J connectivity index is 3.65. The van der Waals surface area contributed by atoms with Crippen LogP contribution in [0.2, 0.25) is 0 Å². The predicted octanol–water partition coefficient (Wildman–Crippen LogP) is 1.23. The molecule has 1 unspecified atom stereocenters. The highest BCUT2D eigenvalue weighted by molar-refractivity contribution is 7.80. The first-order chi connectivity index (χ1) is 5.26. The number of thiol groups is 1. The summed E-state index contributed by atoms with van der Waals surface area (Å²) in [5.41, 5.74) is 1.64. The molecule has 0 bridgehead atoms. The van der Waals surface area contributed by atoms with E-state index in [1.165, 1.54) is 0 Å². The number of carbonyl (C=O) groups excluding carboxylic acids is 1. The average molecular weight is 177 g/mol. The molecule has 2 N–H and O–H groups in total. The second-order valence-electron chi connectivity index (χ2n) is 2.50. The number of carbonyl (C=O) groups is 1. The maximum absolute atomic E-state index is 10.8. The van der Waals surface area contributed by atoms with Crippen LogP contribution in [0, 0.1) is 5.92 Å². The Labute approximate surface area is 72.5 Å². The Hall–Kier alpha value is -0.220. The Morgan fingerprint density at radius 2 is 2.36 bits per heavy atom. The molecule has 1 amide bonds. The summed E-state index contributed by atoms with van der Waals surface area (Å²) >= 11 is 4.01. The lowest BCUT2D eigenvalue weighted by molar-refractivity contribution is -0.132. The number of hydrogen-bond acceptors (Lipinski definition) is 3. The van der Waals surface area contributed by atoms with Crippen LogP contribution in [0.25, 0.3) is 0 Å². The van der Waals surface area contributed by atoms with Crippen molar-refractivity contribution in [1.82, 2.24) is 5.48 Å². The highest BCUT2D eigenvalue weighted by Crippen LogP contribution is 2.09. The second kappa shape index (κ2) is 6.49. The largest absolute Gasteiger partial charge is 0.289 e. The molecule has 11 heavy (non-hydrogen) atoms. The Morgan fingerprint density at radius 3 is 2.73 bits per heavy atom. The molecule has 66 valence electrons. The van der Waals surface area contributed by atoms with Gasteiger partial charge in [0.15, 0.2) is 0 Å². The van der Waals surface area contributed by atoms with E-state index < -0.39 is 0 Å². The molecule has 3 nitrogen and oxygen atoms in total. The number of rotatable bonds is 5. The van der Waals surface area contributed by atoms with E-state index in [0.29, 0.717) is 5.75 Å². The molecule has 0 heterocycles. The molecule has 0 saturated heterocycles. The third-order valence-corrected chi connectivity index (χ3v) is 2.05. The van der Waals surface area contributed by atoms with Gasteiger partial charge in [0, 0.05) is 11.7 Å². The monoisotopic (exact) mass is 177 g/mol. The van der Waals surface area contributed by atoms with Crippen LogP contribution in [-0.2, 0) is 4.79 Å². The van der Waals surface area contributed by atoms with Gasteiger partial charge in [0.25, 0.3) is 0 Å². The minimum Gasteiger partial charge on any atom is -0.289 e. The quantitative estimate of drug-likeness (QED) is 0.336. The number of nitrogens with one attached hydrogen (secondary N) is 1. The molecule has 0 aromatic carbocycles. The zero-order valence-electron chi connectivity index (χ0n) is 6.71. The van der Waals surface area contributed by atoms with Crippen molar-refractivity contribution in [2.24, 2.45) is 5.92 Å². The highest BCUT2D eigenvalue weighted by Gasteiger charge is 2.14. The summed E-state index contributed by atoms with van der Waals surface area (Å²) in [7, 11) is 0. The van der Waals surface area contributed by atoms with Crippen molar-refractivity contribution >= 4 is 18.5 Å².